The number of unbranched alkanes of at least 4 members (excludes halogenated alkanes) is 10. The van der Waals surface area contributed by atoms with E-state index in [1.165, 1.54) is 82.1 Å². The summed E-state index contributed by atoms with van der Waals surface area (Å²) in [5.74, 6) is 1.93. The van der Waals surface area contributed by atoms with Crippen molar-refractivity contribution in [3.05, 3.63) is 48.5 Å². The highest BCUT2D eigenvalue weighted by atomic mass is 15.2. The summed E-state index contributed by atoms with van der Waals surface area (Å²) >= 11 is 0. The van der Waals surface area contributed by atoms with Crippen molar-refractivity contribution in [3.63, 3.8) is 0 Å². The minimum absolute atomic E-state index is 0.521. The van der Waals surface area contributed by atoms with Crippen LogP contribution in [0.4, 0.5) is 0 Å². The molecule has 2 heteroatoms. The summed E-state index contributed by atoms with van der Waals surface area (Å²) in [5.41, 5.74) is 1.26. The molecule has 0 spiro atoms. The molecule has 27 heavy (non-hydrogen) atoms. The van der Waals surface area contributed by atoms with Crippen molar-refractivity contribution >= 4 is 0 Å². The first kappa shape index (κ1) is 21.7. The molecule has 1 aromatic carbocycles. The number of imidazole rings is 1. The Kier molecular flexibility index (Phi) is 10.3. The topological polar surface area (TPSA) is 8.81 Å². The molecule has 0 atom stereocenters. The lowest BCUT2D eigenvalue weighted by Crippen LogP contribution is -2.37. The second-order valence-electron chi connectivity index (χ2n) is 8.25. The fourth-order valence-electron chi connectivity index (χ4n) is 3.99. The smallest absolute Gasteiger partial charge is 0.234 e. The molecule has 2 aromatic rings. The Morgan fingerprint density at radius 2 is 1.33 bits per heavy atom. The van der Waals surface area contributed by atoms with Crippen molar-refractivity contribution in [3.8, 4) is 5.69 Å². The zero-order chi connectivity index (χ0) is 19.3. The van der Waals surface area contributed by atoms with Crippen LogP contribution in [0, 0.1) is 0 Å². The quantitative estimate of drug-likeness (QED) is 0.246. The third-order valence-electron chi connectivity index (χ3n) is 5.49. The van der Waals surface area contributed by atoms with Gasteiger partial charge in [0.15, 0.2) is 0 Å². The van der Waals surface area contributed by atoms with Gasteiger partial charge in [0.2, 0.25) is 0 Å². The van der Waals surface area contributed by atoms with Crippen LogP contribution in [0.3, 0.4) is 0 Å². The van der Waals surface area contributed by atoms with Crippen LogP contribution in [0.1, 0.15) is 103 Å². The summed E-state index contributed by atoms with van der Waals surface area (Å²) in [5, 5.41) is 0. The van der Waals surface area contributed by atoms with Gasteiger partial charge in [-0.25, -0.2) is 4.57 Å². The molecule has 2 nitrogen and oxygen atoms in total. The molecule has 1 heterocycles. The van der Waals surface area contributed by atoms with E-state index < -0.39 is 0 Å². The minimum atomic E-state index is 0.521. The van der Waals surface area contributed by atoms with Crippen molar-refractivity contribution < 1.29 is 4.57 Å². The van der Waals surface area contributed by atoms with Gasteiger partial charge >= 0.3 is 0 Å². The van der Waals surface area contributed by atoms with E-state index in [4.69, 9.17) is 0 Å². The van der Waals surface area contributed by atoms with Gasteiger partial charge in [-0.15, -0.1) is 0 Å². The Labute approximate surface area is 167 Å². The predicted octanol–water partition coefficient (Wildman–Crippen LogP) is 7.20. The molecule has 0 aliphatic rings. The molecule has 0 radical (unpaired) electrons. The van der Waals surface area contributed by atoms with E-state index in [0.29, 0.717) is 5.92 Å². The first-order chi connectivity index (χ1) is 13.2. The number of aryl methyl sites for hydroxylation is 1. The van der Waals surface area contributed by atoms with Crippen LogP contribution in [-0.2, 0) is 6.54 Å². The van der Waals surface area contributed by atoms with Crippen molar-refractivity contribution in [2.75, 3.05) is 0 Å². The lowest BCUT2D eigenvalue weighted by Gasteiger charge is -2.08. The van der Waals surface area contributed by atoms with Gasteiger partial charge in [0, 0.05) is 0 Å². The standard InChI is InChI=1S/C25H41N2/c1-4-5-6-7-8-9-10-11-12-13-17-20-26-21-22-27(25(26)23(2)3)24-18-15-14-16-19-24/h14-16,18-19,21-23H,4-13,17,20H2,1-3H3/q+1. The average Bonchev–Trinajstić information content (AvgIpc) is 3.11. The number of rotatable bonds is 14. The third kappa shape index (κ3) is 7.52. The van der Waals surface area contributed by atoms with Crippen LogP contribution in [0.15, 0.2) is 42.7 Å². The van der Waals surface area contributed by atoms with E-state index in [-0.39, 0.29) is 0 Å². The molecule has 0 N–H and O–H groups in total. The number of nitrogens with zero attached hydrogens (tertiary/aromatic N) is 2. The third-order valence-corrected chi connectivity index (χ3v) is 5.49. The molecule has 2 rings (SSSR count). The molecule has 0 amide bonds. The SMILES string of the molecule is CCCCCCCCCCCCC[n+]1ccn(-c2ccccc2)c1C(C)C. The number of aromatic nitrogens is 2. The molecule has 150 valence electrons. The molecular formula is C25H41N2+. The molecule has 0 saturated heterocycles. The van der Waals surface area contributed by atoms with Crippen molar-refractivity contribution in [1.29, 1.82) is 0 Å². The molecular weight excluding hydrogens is 328 g/mol. The number of benzene rings is 1. The summed E-state index contributed by atoms with van der Waals surface area (Å²) in [6, 6.07) is 10.7. The Balaban J connectivity index is 1.68. The second kappa shape index (κ2) is 12.8. The van der Waals surface area contributed by atoms with Crippen LogP contribution in [-0.4, -0.2) is 4.57 Å². The fourth-order valence-corrected chi connectivity index (χ4v) is 3.99. The number of para-hydroxylation sites is 1. The van der Waals surface area contributed by atoms with Crippen LogP contribution >= 0.6 is 0 Å². The Bertz CT molecular complexity index is 613. The molecule has 0 bridgehead atoms. The molecule has 0 unspecified atom stereocenters. The Morgan fingerprint density at radius 1 is 0.778 bits per heavy atom. The molecule has 0 aliphatic carbocycles. The van der Waals surface area contributed by atoms with Gasteiger partial charge in [0.05, 0.1) is 12.5 Å². The van der Waals surface area contributed by atoms with E-state index in [0.717, 1.165) is 6.54 Å². The van der Waals surface area contributed by atoms with Gasteiger partial charge in [0.1, 0.15) is 18.1 Å². The Morgan fingerprint density at radius 3 is 1.89 bits per heavy atom. The van der Waals surface area contributed by atoms with Gasteiger partial charge in [-0.2, -0.15) is 4.57 Å². The summed E-state index contributed by atoms with van der Waals surface area (Å²) in [7, 11) is 0. The maximum absolute atomic E-state index is 2.46. The van der Waals surface area contributed by atoms with Gasteiger partial charge in [-0.1, -0.05) is 96.8 Å². The largest absolute Gasteiger partial charge is 0.264 e. The maximum Gasteiger partial charge on any atom is 0.264 e. The molecule has 0 fully saturated rings. The highest BCUT2D eigenvalue weighted by Crippen LogP contribution is 2.17. The lowest BCUT2D eigenvalue weighted by molar-refractivity contribution is -0.705. The van der Waals surface area contributed by atoms with Crippen molar-refractivity contribution in [2.45, 2.75) is 104 Å². The monoisotopic (exact) mass is 369 g/mol. The highest BCUT2D eigenvalue weighted by Gasteiger charge is 2.21. The zero-order valence-electron chi connectivity index (χ0n) is 18.0. The van der Waals surface area contributed by atoms with Gasteiger partial charge in [-0.05, 0) is 25.0 Å². The summed E-state index contributed by atoms with van der Waals surface area (Å²) in [6.07, 6.45) is 19.9. The highest BCUT2D eigenvalue weighted by molar-refractivity contribution is 5.32. The van der Waals surface area contributed by atoms with E-state index in [2.05, 4.69) is 72.6 Å². The van der Waals surface area contributed by atoms with Crippen molar-refractivity contribution in [2.24, 2.45) is 0 Å². The maximum atomic E-state index is 2.46. The first-order valence-corrected chi connectivity index (χ1v) is 11.4. The van der Waals surface area contributed by atoms with Crippen LogP contribution < -0.4 is 4.57 Å². The van der Waals surface area contributed by atoms with Crippen molar-refractivity contribution in [1.82, 2.24) is 4.57 Å². The van der Waals surface area contributed by atoms with Crippen LogP contribution in [0.25, 0.3) is 5.69 Å². The molecule has 1 aromatic heterocycles. The summed E-state index contributed by atoms with van der Waals surface area (Å²) < 4.78 is 4.81. The van der Waals surface area contributed by atoms with E-state index >= 15 is 0 Å². The molecule has 0 saturated carbocycles. The van der Waals surface area contributed by atoms with Crippen LogP contribution in [0.2, 0.25) is 0 Å². The Hall–Kier alpha value is -1.57. The summed E-state index contributed by atoms with van der Waals surface area (Å²) in [6.45, 7) is 8.03. The van der Waals surface area contributed by atoms with Gasteiger partial charge in [-0.3, -0.25) is 0 Å². The van der Waals surface area contributed by atoms with E-state index in [9.17, 15) is 0 Å². The molecule has 0 aliphatic heterocycles. The van der Waals surface area contributed by atoms with Gasteiger partial charge in [0.25, 0.3) is 5.82 Å². The summed E-state index contributed by atoms with van der Waals surface area (Å²) in [4.78, 5) is 0. The van der Waals surface area contributed by atoms with Crippen LogP contribution in [0.5, 0.6) is 0 Å². The van der Waals surface area contributed by atoms with E-state index in [1.807, 2.05) is 0 Å². The average molecular weight is 370 g/mol. The number of hydrogen-bond acceptors (Lipinski definition) is 0. The number of hydrogen-bond donors (Lipinski definition) is 0. The predicted molar refractivity (Wildman–Crippen MR) is 117 cm³/mol. The van der Waals surface area contributed by atoms with Gasteiger partial charge < -0.3 is 0 Å². The minimum Gasteiger partial charge on any atom is -0.234 e. The van der Waals surface area contributed by atoms with E-state index in [1.54, 1.807) is 0 Å². The zero-order valence-corrected chi connectivity index (χ0v) is 18.0. The lowest BCUT2D eigenvalue weighted by atomic mass is 10.1. The normalized spacial score (nSPS) is 11.4. The fraction of sp³-hybridized carbons (Fsp3) is 0.640. The second-order valence-corrected chi connectivity index (χ2v) is 8.25. The first-order valence-electron chi connectivity index (χ1n) is 11.4.